The molecule has 9 heteroatoms. The first-order valence-electron chi connectivity index (χ1n) is 8.68. The van der Waals surface area contributed by atoms with Crippen molar-refractivity contribution in [2.45, 2.75) is 19.4 Å². The van der Waals surface area contributed by atoms with Crippen LogP contribution in [-0.2, 0) is 14.3 Å². The first-order valence-corrected chi connectivity index (χ1v) is 9.06. The standard InChI is InChI=1S/C20H16ClFN2O5/c1-11(18(26)23-16-7-6-12(22)10-15(16)21)29-17(25)8-9-24-19(27)13-4-2-3-5-14(13)20(24)28/h2-7,10-11H,8-9H2,1H3,(H,23,26)/t11-/m0/s1. The summed E-state index contributed by atoms with van der Waals surface area (Å²) in [5.74, 6) is -2.92. The third-order valence-corrected chi connectivity index (χ3v) is 4.60. The van der Waals surface area contributed by atoms with E-state index in [2.05, 4.69) is 5.32 Å². The fraction of sp³-hybridized carbons (Fsp3) is 0.200. The highest BCUT2D eigenvalue weighted by molar-refractivity contribution is 6.33. The normalized spacial score (nSPS) is 13.8. The maximum atomic E-state index is 13.1. The Bertz CT molecular complexity index is 975. The van der Waals surface area contributed by atoms with Crippen LogP contribution in [0.1, 0.15) is 34.1 Å². The highest BCUT2D eigenvalue weighted by atomic mass is 35.5. The van der Waals surface area contributed by atoms with Crippen molar-refractivity contribution in [3.05, 3.63) is 64.4 Å². The first-order chi connectivity index (χ1) is 13.8. The Morgan fingerprint density at radius 3 is 2.34 bits per heavy atom. The minimum atomic E-state index is -1.16. The van der Waals surface area contributed by atoms with Gasteiger partial charge in [-0.05, 0) is 37.3 Å². The average molecular weight is 419 g/mol. The van der Waals surface area contributed by atoms with E-state index in [9.17, 15) is 23.6 Å². The van der Waals surface area contributed by atoms with E-state index < -0.39 is 35.6 Å². The molecule has 1 heterocycles. The molecule has 0 radical (unpaired) electrons. The number of carbonyl (C=O) groups is 4. The molecule has 0 saturated carbocycles. The number of esters is 1. The van der Waals surface area contributed by atoms with Crippen LogP contribution in [0, 0.1) is 5.82 Å². The second-order valence-corrected chi connectivity index (χ2v) is 6.71. The second kappa shape index (κ2) is 8.40. The van der Waals surface area contributed by atoms with E-state index in [0.29, 0.717) is 0 Å². The number of ether oxygens (including phenoxy) is 1. The summed E-state index contributed by atoms with van der Waals surface area (Å²) in [6.45, 7) is 1.19. The van der Waals surface area contributed by atoms with Gasteiger partial charge in [-0.25, -0.2) is 4.39 Å². The lowest BCUT2D eigenvalue weighted by Crippen LogP contribution is -2.34. The number of imide groups is 1. The summed E-state index contributed by atoms with van der Waals surface area (Å²) in [4.78, 5) is 49.7. The zero-order valence-electron chi connectivity index (χ0n) is 15.3. The summed E-state index contributed by atoms with van der Waals surface area (Å²) >= 11 is 5.84. The molecule has 0 fully saturated rings. The van der Waals surface area contributed by atoms with Gasteiger partial charge in [0, 0.05) is 6.54 Å². The van der Waals surface area contributed by atoms with Gasteiger partial charge in [-0.2, -0.15) is 0 Å². The van der Waals surface area contributed by atoms with Crippen LogP contribution in [0.3, 0.4) is 0 Å². The smallest absolute Gasteiger partial charge is 0.308 e. The molecule has 1 atom stereocenters. The van der Waals surface area contributed by atoms with Crippen LogP contribution < -0.4 is 5.32 Å². The molecule has 0 spiro atoms. The quantitative estimate of drug-likeness (QED) is 0.575. The van der Waals surface area contributed by atoms with Crippen molar-refractivity contribution in [1.82, 2.24) is 4.90 Å². The SMILES string of the molecule is C[C@H](OC(=O)CCN1C(=O)c2ccccc2C1=O)C(=O)Nc1ccc(F)cc1Cl. The lowest BCUT2D eigenvalue weighted by molar-refractivity contribution is -0.153. The van der Waals surface area contributed by atoms with Crippen LogP contribution in [0.25, 0.3) is 0 Å². The maximum Gasteiger partial charge on any atom is 0.308 e. The van der Waals surface area contributed by atoms with Crippen LogP contribution in [0.5, 0.6) is 0 Å². The van der Waals surface area contributed by atoms with Crippen LogP contribution in [-0.4, -0.2) is 41.2 Å². The van der Waals surface area contributed by atoms with Crippen molar-refractivity contribution in [3.63, 3.8) is 0 Å². The molecule has 0 unspecified atom stereocenters. The molecule has 1 N–H and O–H groups in total. The number of anilines is 1. The Kier molecular flexibility index (Phi) is 5.93. The number of fused-ring (bicyclic) bond motifs is 1. The number of amides is 3. The Morgan fingerprint density at radius 2 is 1.76 bits per heavy atom. The predicted octanol–water partition coefficient (Wildman–Crippen LogP) is 3.04. The second-order valence-electron chi connectivity index (χ2n) is 6.30. The molecule has 150 valence electrons. The van der Waals surface area contributed by atoms with Crippen LogP contribution in [0.4, 0.5) is 10.1 Å². The molecular formula is C20H16ClFN2O5. The van der Waals surface area contributed by atoms with Gasteiger partial charge in [-0.1, -0.05) is 23.7 Å². The summed E-state index contributed by atoms with van der Waals surface area (Å²) < 4.78 is 18.1. The third kappa shape index (κ3) is 4.43. The molecular weight excluding hydrogens is 403 g/mol. The van der Waals surface area contributed by atoms with Crippen LogP contribution >= 0.6 is 11.6 Å². The third-order valence-electron chi connectivity index (χ3n) is 4.28. The Labute approximate surface area is 170 Å². The maximum absolute atomic E-state index is 13.1. The molecule has 0 aromatic heterocycles. The van der Waals surface area contributed by atoms with E-state index in [-0.39, 0.29) is 34.8 Å². The minimum absolute atomic E-state index is 0.00232. The van der Waals surface area contributed by atoms with Crippen molar-refractivity contribution in [2.75, 3.05) is 11.9 Å². The van der Waals surface area contributed by atoms with Crippen LogP contribution in [0.15, 0.2) is 42.5 Å². The van der Waals surface area contributed by atoms with Crippen molar-refractivity contribution >= 4 is 41.0 Å². The van der Waals surface area contributed by atoms with Gasteiger partial charge in [0.1, 0.15) is 5.82 Å². The van der Waals surface area contributed by atoms with Crippen molar-refractivity contribution in [1.29, 1.82) is 0 Å². The Balaban J connectivity index is 1.52. The fourth-order valence-electron chi connectivity index (χ4n) is 2.78. The van der Waals surface area contributed by atoms with Gasteiger partial charge in [0.15, 0.2) is 6.10 Å². The Morgan fingerprint density at radius 1 is 1.14 bits per heavy atom. The van der Waals surface area contributed by atoms with Gasteiger partial charge in [-0.3, -0.25) is 24.1 Å². The van der Waals surface area contributed by atoms with Gasteiger partial charge >= 0.3 is 5.97 Å². The van der Waals surface area contributed by atoms with Crippen molar-refractivity contribution < 1.29 is 28.3 Å². The fourth-order valence-corrected chi connectivity index (χ4v) is 2.99. The molecule has 1 aliphatic rings. The molecule has 7 nitrogen and oxygen atoms in total. The van der Waals surface area contributed by atoms with E-state index in [0.717, 1.165) is 17.0 Å². The molecule has 3 rings (SSSR count). The monoisotopic (exact) mass is 418 g/mol. The van der Waals surface area contributed by atoms with Gasteiger partial charge in [-0.15, -0.1) is 0 Å². The summed E-state index contributed by atoms with van der Waals surface area (Å²) in [6.07, 6.45) is -1.42. The van der Waals surface area contributed by atoms with E-state index in [1.807, 2.05) is 0 Å². The molecule has 2 aromatic rings. The molecule has 0 aliphatic carbocycles. The predicted molar refractivity (Wildman–Crippen MR) is 102 cm³/mol. The minimum Gasteiger partial charge on any atom is -0.452 e. The number of hydrogen-bond acceptors (Lipinski definition) is 5. The highest BCUT2D eigenvalue weighted by Crippen LogP contribution is 2.23. The molecule has 3 amide bonds. The van der Waals surface area contributed by atoms with Gasteiger partial charge in [0.2, 0.25) is 0 Å². The summed E-state index contributed by atoms with van der Waals surface area (Å²) in [7, 11) is 0. The molecule has 1 aliphatic heterocycles. The average Bonchev–Trinajstić information content (AvgIpc) is 2.93. The number of benzene rings is 2. The molecule has 0 saturated heterocycles. The summed E-state index contributed by atoms with van der Waals surface area (Å²) in [6, 6.07) is 9.83. The van der Waals surface area contributed by atoms with E-state index in [4.69, 9.17) is 16.3 Å². The van der Waals surface area contributed by atoms with Gasteiger partial charge < -0.3 is 10.1 Å². The van der Waals surface area contributed by atoms with Crippen molar-refractivity contribution in [3.8, 4) is 0 Å². The number of hydrogen-bond donors (Lipinski definition) is 1. The Hall–Kier alpha value is -3.26. The number of halogens is 2. The van der Waals surface area contributed by atoms with Crippen molar-refractivity contribution in [2.24, 2.45) is 0 Å². The lowest BCUT2D eigenvalue weighted by atomic mass is 10.1. The number of nitrogens with one attached hydrogen (secondary N) is 1. The summed E-state index contributed by atoms with van der Waals surface area (Å²) in [5.41, 5.74) is 0.747. The van der Waals surface area contributed by atoms with E-state index >= 15 is 0 Å². The van der Waals surface area contributed by atoms with Crippen LogP contribution in [0.2, 0.25) is 5.02 Å². The number of carbonyl (C=O) groups excluding carboxylic acids is 4. The highest BCUT2D eigenvalue weighted by Gasteiger charge is 2.35. The molecule has 29 heavy (non-hydrogen) atoms. The topological polar surface area (TPSA) is 92.8 Å². The number of nitrogens with zero attached hydrogens (tertiary/aromatic N) is 1. The number of rotatable bonds is 6. The summed E-state index contributed by atoms with van der Waals surface area (Å²) in [5, 5.41) is 2.43. The zero-order valence-corrected chi connectivity index (χ0v) is 16.0. The molecule has 0 bridgehead atoms. The van der Waals surface area contributed by atoms with Gasteiger partial charge in [0.05, 0.1) is 28.3 Å². The van der Waals surface area contributed by atoms with Gasteiger partial charge in [0.25, 0.3) is 17.7 Å². The first kappa shape index (κ1) is 20.5. The van der Waals surface area contributed by atoms with E-state index in [1.165, 1.54) is 13.0 Å². The zero-order chi connectivity index (χ0) is 21.1. The lowest BCUT2D eigenvalue weighted by Gasteiger charge is -2.16. The molecule has 2 aromatic carbocycles. The van der Waals surface area contributed by atoms with E-state index in [1.54, 1.807) is 24.3 Å². The largest absolute Gasteiger partial charge is 0.452 e.